The fraction of sp³-hybridized carbons (Fsp3) is 0.300. The topological polar surface area (TPSA) is 58.6 Å². The van der Waals surface area contributed by atoms with Crippen LogP contribution in [0.2, 0.25) is 0 Å². The van der Waals surface area contributed by atoms with Crippen molar-refractivity contribution >= 4 is 29.3 Å². The largest absolute Gasteiger partial charge is 0.457 e. The van der Waals surface area contributed by atoms with E-state index in [0.29, 0.717) is 23.6 Å². The van der Waals surface area contributed by atoms with Gasteiger partial charge in [-0.05, 0) is 49.7 Å². The van der Waals surface area contributed by atoms with Crippen LogP contribution < -0.4 is 10.1 Å². The van der Waals surface area contributed by atoms with E-state index in [4.69, 9.17) is 4.74 Å². The fourth-order valence-corrected chi connectivity index (χ4v) is 4.90. The van der Waals surface area contributed by atoms with Gasteiger partial charge in [-0.15, -0.1) is 11.8 Å². The van der Waals surface area contributed by atoms with Crippen LogP contribution in [0.5, 0.6) is 11.5 Å². The van der Waals surface area contributed by atoms with E-state index in [-0.39, 0.29) is 16.7 Å². The number of nitrogens with one attached hydrogen (secondary N) is 1. The molecule has 134 valence electrons. The Morgan fingerprint density at radius 1 is 1.15 bits per heavy atom. The summed E-state index contributed by atoms with van der Waals surface area (Å²) in [5.41, 5.74) is 0.695. The van der Waals surface area contributed by atoms with Gasteiger partial charge in [0.05, 0.1) is 4.87 Å². The van der Waals surface area contributed by atoms with E-state index in [0.717, 1.165) is 12.2 Å². The summed E-state index contributed by atoms with van der Waals surface area (Å²) in [6, 6.07) is 16.4. The van der Waals surface area contributed by atoms with Crippen LogP contribution in [-0.2, 0) is 9.59 Å². The summed E-state index contributed by atoms with van der Waals surface area (Å²) in [6.45, 7) is 2.05. The lowest BCUT2D eigenvalue weighted by atomic mass is 10.2. The molecule has 4 rings (SSSR count). The molecule has 2 heterocycles. The molecule has 2 atom stereocenters. The number of para-hydroxylation sites is 1. The van der Waals surface area contributed by atoms with Crippen LogP contribution in [-0.4, -0.2) is 33.4 Å². The second kappa shape index (κ2) is 6.68. The minimum atomic E-state index is -0.403. The molecule has 1 N–H and O–H groups in total. The van der Waals surface area contributed by atoms with Crippen molar-refractivity contribution in [3.63, 3.8) is 0 Å². The maximum atomic E-state index is 12.7. The van der Waals surface area contributed by atoms with Crippen LogP contribution >= 0.6 is 11.8 Å². The monoisotopic (exact) mass is 368 g/mol. The van der Waals surface area contributed by atoms with E-state index < -0.39 is 6.04 Å². The first kappa shape index (κ1) is 17.0. The van der Waals surface area contributed by atoms with Crippen LogP contribution in [0.25, 0.3) is 0 Å². The van der Waals surface area contributed by atoms with Crippen molar-refractivity contribution in [2.45, 2.75) is 30.7 Å². The van der Waals surface area contributed by atoms with Gasteiger partial charge >= 0.3 is 0 Å². The van der Waals surface area contributed by atoms with E-state index in [1.54, 1.807) is 16.7 Å². The first-order chi connectivity index (χ1) is 12.5. The standard InChI is InChI=1S/C20H20N2O3S/c1-20-12-11-18(23)22(20)17(13-26-20)19(24)21-14-7-9-16(10-8-14)25-15-5-3-2-4-6-15/h2-10,17H,11-13H2,1H3,(H,21,24)/t17-,20+/m0/s1. The third kappa shape index (κ3) is 3.17. The lowest BCUT2D eigenvalue weighted by Gasteiger charge is -2.29. The average Bonchev–Trinajstić information content (AvgIpc) is 3.14. The van der Waals surface area contributed by atoms with Gasteiger partial charge in [0.2, 0.25) is 11.8 Å². The molecule has 2 amide bonds. The Bertz CT molecular complexity index is 825. The van der Waals surface area contributed by atoms with Crippen LogP contribution in [0.3, 0.4) is 0 Å². The highest BCUT2D eigenvalue weighted by Gasteiger charge is 2.52. The summed E-state index contributed by atoms with van der Waals surface area (Å²) in [5.74, 6) is 2.05. The van der Waals surface area contributed by atoms with Gasteiger partial charge in [-0.3, -0.25) is 9.59 Å². The molecule has 0 bridgehead atoms. The molecule has 26 heavy (non-hydrogen) atoms. The highest BCUT2D eigenvalue weighted by atomic mass is 32.2. The molecule has 5 nitrogen and oxygen atoms in total. The number of nitrogens with zero attached hydrogens (tertiary/aromatic N) is 1. The van der Waals surface area contributed by atoms with Gasteiger partial charge in [0.15, 0.2) is 0 Å². The Balaban J connectivity index is 1.41. The van der Waals surface area contributed by atoms with Crippen molar-refractivity contribution in [3.05, 3.63) is 54.6 Å². The van der Waals surface area contributed by atoms with Gasteiger partial charge < -0.3 is 15.0 Å². The molecule has 2 aromatic carbocycles. The average molecular weight is 368 g/mol. The Kier molecular flexibility index (Phi) is 4.36. The van der Waals surface area contributed by atoms with Crippen molar-refractivity contribution in [3.8, 4) is 11.5 Å². The third-order valence-electron chi connectivity index (χ3n) is 4.85. The number of fused-ring (bicyclic) bond motifs is 1. The summed E-state index contributed by atoms with van der Waals surface area (Å²) in [6.07, 6.45) is 1.34. The molecule has 0 aromatic heterocycles. The van der Waals surface area contributed by atoms with Crippen LogP contribution in [0, 0.1) is 0 Å². The highest BCUT2D eigenvalue weighted by molar-refractivity contribution is 8.01. The predicted molar refractivity (Wildman–Crippen MR) is 102 cm³/mol. The maximum absolute atomic E-state index is 12.7. The van der Waals surface area contributed by atoms with E-state index in [9.17, 15) is 9.59 Å². The molecule has 0 spiro atoms. The number of anilines is 1. The lowest BCUT2D eigenvalue weighted by molar-refractivity contribution is -0.135. The number of carbonyl (C=O) groups excluding carboxylic acids is 2. The summed E-state index contributed by atoms with van der Waals surface area (Å²) >= 11 is 1.69. The number of carbonyl (C=O) groups is 2. The molecular weight excluding hydrogens is 348 g/mol. The summed E-state index contributed by atoms with van der Waals surface area (Å²) in [4.78, 5) is 26.4. The van der Waals surface area contributed by atoms with Gasteiger partial charge in [0, 0.05) is 17.9 Å². The molecule has 0 unspecified atom stereocenters. The van der Waals surface area contributed by atoms with E-state index in [2.05, 4.69) is 5.32 Å². The lowest BCUT2D eigenvalue weighted by Crippen LogP contribution is -2.48. The Hall–Kier alpha value is -2.47. The minimum Gasteiger partial charge on any atom is -0.457 e. The molecule has 2 fully saturated rings. The molecule has 0 aliphatic carbocycles. The van der Waals surface area contributed by atoms with E-state index in [1.165, 1.54) is 0 Å². The van der Waals surface area contributed by atoms with Crippen molar-refractivity contribution in [1.82, 2.24) is 4.90 Å². The molecule has 2 aromatic rings. The van der Waals surface area contributed by atoms with Crippen molar-refractivity contribution < 1.29 is 14.3 Å². The Labute approximate surface area is 156 Å². The molecular formula is C20H20N2O3S. The highest BCUT2D eigenvalue weighted by Crippen LogP contribution is 2.47. The van der Waals surface area contributed by atoms with Gasteiger partial charge in [-0.25, -0.2) is 0 Å². The number of ether oxygens (including phenoxy) is 1. The second-order valence-electron chi connectivity index (χ2n) is 6.69. The summed E-state index contributed by atoms with van der Waals surface area (Å²) in [5, 5.41) is 2.92. The van der Waals surface area contributed by atoms with E-state index >= 15 is 0 Å². The van der Waals surface area contributed by atoms with Gasteiger partial charge in [0.1, 0.15) is 17.5 Å². The number of thioether (sulfide) groups is 1. The quantitative estimate of drug-likeness (QED) is 0.890. The normalized spacial score (nSPS) is 24.4. The SMILES string of the molecule is C[C@@]12CCC(=O)N1[C@H](C(=O)Nc1ccc(Oc3ccccc3)cc1)CS2. The van der Waals surface area contributed by atoms with Crippen LogP contribution in [0.1, 0.15) is 19.8 Å². The Morgan fingerprint density at radius 3 is 2.58 bits per heavy atom. The second-order valence-corrected chi connectivity index (χ2v) is 8.20. The van der Waals surface area contributed by atoms with Crippen molar-refractivity contribution in [2.75, 3.05) is 11.1 Å². The maximum Gasteiger partial charge on any atom is 0.248 e. The van der Waals surface area contributed by atoms with Crippen LogP contribution in [0.4, 0.5) is 5.69 Å². The smallest absolute Gasteiger partial charge is 0.248 e. The first-order valence-electron chi connectivity index (χ1n) is 8.65. The Morgan fingerprint density at radius 2 is 1.85 bits per heavy atom. The predicted octanol–water partition coefficient (Wildman–Crippen LogP) is 3.87. The number of rotatable bonds is 4. The minimum absolute atomic E-state index is 0.0734. The van der Waals surface area contributed by atoms with Crippen molar-refractivity contribution in [1.29, 1.82) is 0 Å². The van der Waals surface area contributed by atoms with Gasteiger partial charge in [-0.1, -0.05) is 18.2 Å². The molecule has 6 heteroatoms. The number of benzene rings is 2. The zero-order valence-electron chi connectivity index (χ0n) is 14.5. The number of hydrogen-bond donors (Lipinski definition) is 1. The fourth-order valence-electron chi connectivity index (χ4n) is 3.47. The number of hydrogen-bond acceptors (Lipinski definition) is 4. The molecule has 2 aliphatic heterocycles. The molecule has 0 saturated carbocycles. The molecule has 0 radical (unpaired) electrons. The van der Waals surface area contributed by atoms with Gasteiger partial charge in [-0.2, -0.15) is 0 Å². The molecule has 2 saturated heterocycles. The molecule has 2 aliphatic rings. The summed E-state index contributed by atoms with van der Waals surface area (Å²) < 4.78 is 5.75. The van der Waals surface area contributed by atoms with Crippen LogP contribution in [0.15, 0.2) is 54.6 Å². The zero-order valence-corrected chi connectivity index (χ0v) is 15.3. The van der Waals surface area contributed by atoms with Gasteiger partial charge in [0.25, 0.3) is 0 Å². The first-order valence-corrected chi connectivity index (χ1v) is 9.64. The van der Waals surface area contributed by atoms with E-state index in [1.807, 2.05) is 61.5 Å². The zero-order chi connectivity index (χ0) is 18.1. The third-order valence-corrected chi connectivity index (χ3v) is 6.35. The van der Waals surface area contributed by atoms with Crippen molar-refractivity contribution in [2.24, 2.45) is 0 Å². The summed E-state index contributed by atoms with van der Waals surface area (Å²) in [7, 11) is 0. The number of amides is 2.